The quantitative estimate of drug-likeness (QED) is 0.478. The molecule has 0 saturated carbocycles. The lowest BCUT2D eigenvalue weighted by Gasteiger charge is -2.16. The van der Waals surface area contributed by atoms with Gasteiger partial charge in [-0.05, 0) is 87.1 Å². The van der Waals surface area contributed by atoms with Crippen molar-refractivity contribution in [2.24, 2.45) is 0 Å². The fourth-order valence-electron chi connectivity index (χ4n) is 4.07. The second-order valence-corrected chi connectivity index (χ2v) is 9.90. The van der Waals surface area contributed by atoms with Gasteiger partial charge in [0.05, 0.1) is 16.6 Å². The minimum atomic E-state index is -3.69. The highest BCUT2D eigenvalue weighted by Gasteiger charge is 2.21. The van der Waals surface area contributed by atoms with Gasteiger partial charge in [0.2, 0.25) is 10.0 Å². The lowest BCUT2D eigenvalue weighted by Crippen LogP contribution is -2.31. The molecular weight excluding hydrogens is 430 g/mol. The maximum Gasteiger partial charge on any atom is 0.338 e. The zero-order valence-corrected chi connectivity index (χ0v) is 19.7. The summed E-state index contributed by atoms with van der Waals surface area (Å²) in [5.74, 6) is -0.595. The Bertz CT molecular complexity index is 1120. The van der Waals surface area contributed by atoms with Crippen LogP contribution in [0.2, 0.25) is 0 Å². The highest BCUT2D eigenvalue weighted by molar-refractivity contribution is 7.89. The third kappa shape index (κ3) is 5.43. The van der Waals surface area contributed by atoms with Gasteiger partial charge in [-0.15, -0.1) is 0 Å². The summed E-state index contributed by atoms with van der Waals surface area (Å²) in [6, 6.07) is 7.53. The molecule has 3 rings (SSSR count). The topological polar surface area (TPSA) is 98.8 Å². The molecule has 1 atom stereocenters. The van der Waals surface area contributed by atoms with E-state index in [4.69, 9.17) is 9.47 Å². The molecule has 1 aliphatic rings. The van der Waals surface area contributed by atoms with E-state index in [9.17, 15) is 18.0 Å². The van der Waals surface area contributed by atoms with Gasteiger partial charge in [-0.3, -0.25) is 4.79 Å². The average molecular weight is 460 g/mol. The maximum absolute atomic E-state index is 12.5. The fourth-order valence-corrected chi connectivity index (χ4v) is 5.14. The second kappa shape index (κ2) is 9.94. The third-order valence-electron chi connectivity index (χ3n) is 5.76. The van der Waals surface area contributed by atoms with Gasteiger partial charge < -0.3 is 9.47 Å². The SMILES string of the molecule is CC(=O)c1c(C)cc(C)c(COC(=O)c2ccc(S(=O)(=O)NCC3CCCO3)cc2)c1C. The highest BCUT2D eigenvalue weighted by Crippen LogP contribution is 2.24. The molecule has 2 aromatic carbocycles. The Balaban J connectivity index is 1.66. The van der Waals surface area contributed by atoms with Crippen LogP contribution in [0.1, 0.15) is 62.7 Å². The number of ether oxygens (including phenoxy) is 2. The lowest BCUT2D eigenvalue weighted by atomic mass is 9.92. The molecule has 0 aliphatic carbocycles. The molecule has 0 radical (unpaired) electrons. The number of esters is 1. The van der Waals surface area contributed by atoms with Crippen molar-refractivity contribution >= 4 is 21.8 Å². The number of Topliss-reactive ketones (excluding diaryl/α,β-unsaturated/α-hetero) is 1. The molecule has 1 aliphatic heterocycles. The van der Waals surface area contributed by atoms with Crippen LogP contribution in [0.25, 0.3) is 0 Å². The molecule has 8 heteroatoms. The van der Waals surface area contributed by atoms with Crippen molar-refractivity contribution in [2.45, 2.75) is 58.1 Å². The zero-order chi connectivity index (χ0) is 23.5. The first-order valence-electron chi connectivity index (χ1n) is 10.6. The molecule has 1 saturated heterocycles. The molecule has 1 fully saturated rings. The summed E-state index contributed by atoms with van der Waals surface area (Å²) in [5, 5.41) is 0. The largest absolute Gasteiger partial charge is 0.457 e. The van der Waals surface area contributed by atoms with E-state index < -0.39 is 16.0 Å². The van der Waals surface area contributed by atoms with Crippen LogP contribution in [0.4, 0.5) is 0 Å². The zero-order valence-electron chi connectivity index (χ0n) is 18.9. The van der Waals surface area contributed by atoms with Gasteiger partial charge in [0, 0.05) is 18.7 Å². The molecule has 0 amide bonds. The van der Waals surface area contributed by atoms with Gasteiger partial charge >= 0.3 is 5.97 Å². The minimum Gasteiger partial charge on any atom is -0.457 e. The molecule has 172 valence electrons. The van der Waals surface area contributed by atoms with E-state index in [1.807, 2.05) is 26.8 Å². The van der Waals surface area contributed by atoms with Gasteiger partial charge in [-0.1, -0.05) is 6.07 Å². The number of rotatable bonds is 8. The molecule has 0 aromatic heterocycles. The summed E-state index contributed by atoms with van der Waals surface area (Å²) in [5.41, 5.74) is 4.33. The van der Waals surface area contributed by atoms with Crippen molar-refractivity contribution in [2.75, 3.05) is 13.2 Å². The average Bonchev–Trinajstić information content (AvgIpc) is 3.25. The number of benzene rings is 2. The molecular formula is C24H29NO6S. The molecule has 1 unspecified atom stereocenters. The normalized spacial score (nSPS) is 16.2. The van der Waals surface area contributed by atoms with E-state index in [0.29, 0.717) is 12.2 Å². The molecule has 7 nitrogen and oxygen atoms in total. The molecule has 2 aromatic rings. The van der Waals surface area contributed by atoms with Crippen molar-refractivity contribution in [1.29, 1.82) is 0 Å². The van der Waals surface area contributed by atoms with Gasteiger partial charge in [0.15, 0.2) is 5.78 Å². The Kier molecular flexibility index (Phi) is 7.48. The number of hydrogen-bond donors (Lipinski definition) is 1. The number of carbonyl (C=O) groups is 2. The Hall–Kier alpha value is -2.55. The number of hydrogen-bond acceptors (Lipinski definition) is 6. The van der Waals surface area contributed by atoms with E-state index in [-0.39, 0.29) is 35.5 Å². The van der Waals surface area contributed by atoms with E-state index in [0.717, 1.165) is 35.1 Å². The first-order valence-corrected chi connectivity index (χ1v) is 12.1. The molecule has 1 N–H and O–H groups in total. The summed E-state index contributed by atoms with van der Waals surface area (Å²) < 4.78 is 38.4. The highest BCUT2D eigenvalue weighted by atomic mass is 32.2. The van der Waals surface area contributed by atoms with Crippen LogP contribution in [0.3, 0.4) is 0 Å². The van der Waals surface area contributed by atoms with E-state index in [1.165, 1.54) is 31.2 Å². The summed E-state index contributed by atoms with van der Waals surface area (Å²) in [6.07, 6.45) is 1.67. The van der Waals surface area contributed by atoms with Gasteiger partial charge in [0.1, 0.15) is 6.61 Å². The predicted octanol–water partition coefficient (Wildman–Crippen LogP) is 3.63. The van der Waals surface area contributed by atoms with Crippen molar-refractivity contribution in [3.63, 3.8) is 0 Å². The smallest absolute Gasteiger partial charge is 0.338 e. The van der Waals surface area contributed by atoms with Gasteiger partial charge in [-0.25, -0.2) is 17.9 Å². The van der Waals surface area contributed by atoms with Crippen molar-refractivity contribution in [3.8, 4) is 0 Å². The Morgan fingerprint density at radius 2 is 1.81 bits per heavy atom. The Labute approximate surface area is 189 Å². The summed E-state index contributed by atoms with van der Waals surface area (Å²) >= 11 is 0. The second-order valence-electron chi connectivity index (χ2n) is 8.13. The predicted molar refractivity (Wildman–Crippen MR) is 120 cm³/mol. The Morgan fingerprint density at radius 1 is 1.12 bits per heavy atom. The monoisotopic (exact) mass is 459 g/mol. The third-order valence-corrected chi connectivity index (χ3v) is 7.20. The van der Waals surface area contributed by atoms with Crippen molar-refractivity contribution in [3.05, 3.63) is 63.7 Å². The lowest BCUT2D eigenvalue weighted by molar-refractivity contribution is 0.0471. The van der Waals surface area contributed by atoms with Crippen LogP contribution in [0, 0.1) is 20.8 Å². The number of aryl methyl sites for hydroxylation is 2. The molecule has 0 bridgehead atoms. The van der Waals surface area contributed by atoms with Crippen molar-refractivity contribution in [1.82, 2.24) is 4.72 Å². The van der Waals surface area contributed by atoms with Crippen LogP contribution in [0.5, 0.6) is 0 Å². The van der Waals surface area contributed by atoms with Crippen LogP contribution in [0.15, 0.2) is 35.2 Å². The van der Waals surface area contributed by atoms with E-state index in [2.05, 4.69) is 4.72 Å². The number of ketones is 1. The van der Waals surface area contributed by atoms with Crippen LogP contribution >= 0.6 is 0 Å². The summed E-state index contributed by atoms with van der Waals surface area (Å²) in [7, 11) is -3.69. The fraction of sp³-hybridized carbons (Fsp3) is 0.417. The molecule has 1 heterocycles. The minimum absolute atomic E-state index is 0.0278. The summed E-state index contributed by atoms with van der Waals surface area (Å²) in [4.78, 5) is 24.6. The van der Waals surface area contributed by atoms with Crippen LogP contribution in [-0.2, 0) is 26.1 Å². The van der Waals surface area contributed by atoms with Crippen LogP contribution < -0.4 is 4.72 Å². The number of carbonyl (C=O) groups excluding carboxylic acids is 2. The first kappa shape index (κ1) is 24.1. The molecule has 0 spiro atoms. The molecule has 32 heavy (non-hydrogen) atoms. The van der Waals surface area contributed by atoms with E-state index in [1.54, 1.807) is 0 Å². The van der Waals surface area contributed by atoms with Crippen molar-refractivity contribution < 1.29 is 27.5 Å². The van der Waals surface area contributed by atoms with Gasteiger partial charge in [-0.2, -0.15) is 0 Å². The Morgan fingerprint density at radius 3 is 2.41 bits per heavy atom. The standard InChI is InChI=1S/C24H29NO6S/c1-15-12-16(2)23(18(4)26)17(3)22(15)14-31-24(27)19-7-9-21(10-8-19)32(28,29)25-13-20-6-5-11-30-20/h7-10,12,20,25H,5-6,11,13-14H2,1-4H3. The number of sulfonamides is 1. The first-order chi connectivity index (χ1) is 15.1. The van der Waals surface area contributed by atoms with Crippen LogP contribution in [-0.4, -0.2) is 39.4 Å². The van der Waals surface area contributed by atoms with E-state index >= 15 is 0 Å². The van der Waals surface area contributed by atoms with Gasteiger partial charge in [0.25, 0.3) is 0 Å². The maximum atomic E-state index is 12.5. The summed E-state index contributed by atoms with van der Waals surface area (Å²) in [6.45, 7) is 8.08. The number of nitrogens with one attached hydrogen (secondary N) is 1.